The summed E-state index contributed by atoms with van der Waals surface area (Å²) in [4.78, 5) is 10.7. The Bertz CT molecular complexity index is 357. The van der Waals surface area contributed by atoms with Crippen LogP contribution < -0.4 is 10.6 Å². The first kappa shape index (κ1) is 11.2. The molecular weight excluding hydrogens is 200 g/mol. The molecule has 1 aromatic heterocycles. The van der Waals surface area contributed by atoms with Crippen LogP contribution in [0.25, 0.3) is 0 Å². The molecule has 0 radical (unpaired) electrons. The number of rotatable bonds is 1. The zero-order valence-electron chi connectivity index (χ0n) is 10.3. The van der Waals surface area contributed by atoms with E-state index in [2.05, 4.69) is 28.7 Å². The fourth-order valence-corrected chi connectivity index (χ4v) is 2.21. The summed E-state index contributed by atoms with van der Waals surface area (Å²) in [6, 6.07) is 2.01. The Balaban J connectivity index is 2.18. The molecule has 4 heteroatoms. The maximum absolute atomic E-state index is 5.68. The molecule has 0 bridgehead atoms. The third kappa shape index (κ3) is 2.26. The first-order valence-corrected chi connectivity index (χ1v) is 5.92. The highest BCUT2D eigenvalue weighted by Crippen LogP contribution is 2.26. The average Bonchev–Trinajstić information content (AvgIpc) is 2.20. The SMILES string of the molecule is Cc1cc(N2CCC(C)C(C)C2)nc(N)n1. The van der Waals surface area contributed by atoms with Crippen molar-refractivity contribution in [2.45, 2.75) is 27.2 Å². The van der Waals surface area contributed by atoms with Gasteiger partial charge in [-0.05, 0) is 25.2 Å². The van der Waals surface area contributed by atoms with Crippen molar-refractivity contribution >= 4 is 11.8 Å². The van der Waals surface area contributed by atoms with Gasteiger partial charge in [-0.3, -0.25) is 0 Å². The van der Waals surface area contributed by atoms with Gasteiger partial charge in [0, 0.05) is 24.8 Å². The van der Waals surface area contributed by atoms with E-state index < -0.39 is 0 Å². The van der Waals surface area contributed by atoms with Gasteiger partial charge in [-0.25, -0.2) is 4.98 Å². The van der Waals surface area contributed by atoms with Gasteiger partial charge in [-0.1, -0.05) is 13.8 Å². The number of aromatic nitrogens is 2. The van der Waals surface area contributed by atoms with Crippen LogP contribution in [0, 0.1) is 18.8 Å². The van der Waals surface area contributed by atoms with Crippen molar-refractivity contribution in [3.8, 4) is 0 Å². The molecule has 4 nitrogen and oxygen atoms in total. The first-order chi connectivity index (χ1) is 7.56. The van der Waals surface area contributed by atoms with Crippen molar-refractivity contribution in [1.29, 1.82) is 0 Å². The quantitative estimate of drug-likeness (QED) is 0.784. The second kappa shape index (κ2) is 4.28. The summed E-state index contributed by atoms with van der Waals surface area (Å²) in [6.45, 7) is 8.71. The molecule has 0 aromatic carbocycles. The predicted octanol–water partition coefficient (Wildman–Crippen LogP) is 1.85. The van der Waals surface area contributed by atoms with E-state index in [-0.39, 0.29) is 0 Å². The molecule has 2 unspecified atom stereocenters. The zero-order chi connectivity index (χ0) is 11.7. The molecular formula is C12H20N4. The second-order valence-electron chi connectivity index (χ2n) is 4.91. The molecule has 2 N–H and O–H groups in total. The van der Waals surface area contributed by atoms with Gasteiger partial charge in [-0.2, -0.15) is 4.98 Å². The van der Waals surface area contributed by atoms with Crippen LogP contribution in [0.4, 0.5) is 11.8 Å². The average molecular weight is 220 g/mol. The minimum atomic E-state index is 0.376. The van der Waals surface area contributed by atoms with Gasteiger partial charge in [0.1, 0.15) is 5.82 Å². The van der Waals surface area contributed by atoms with Crippen LogP contribution in [-0.4, -0.2) is 23.1 Å². The fraction of sp³-hybridized carbons (Fsp3) is 0.667. The Morgan fingerprint density at radius 1 is 1.31 bits per heavy atom. The molecule has 2 rings (SSSR count). The van der Waals surface area contributed by atoms with Crippen LogP contribution in [0.3, 0.4) is 0 Å². The standard InChI is InChI=1S/C12H20N4/c1-8-4-5-16(7-9(8)2)11-6-10(3)14-12(13)15-11/h6,8-9H,4-5,7H2,1-3H3,(H2,13,14,15). The number of hydrogen-bond donors (Lipinski definition) is 1. The van der Waals surface area contributed by atoms with Gasteiger partial charge in [-0.15, -0.1) is 0 Å². The number of hydrogen-bond acceptors (Lipinski definition) is 4. The number of nitrogen functional groups attached to an aromatic ring is 1. The molecule has 0 amide bonds. The van der Waals surface area contributed by atoms with E-state index >= 15 is 0 Å². The normalized spacial score (nSPS) is 25.8. The van der Waals surface area contributed by atoms with Crippen LogP contribution in [0.2, 0.25) is 0 Å². The highest BCUT2D eigenvalue weighted by atomic mass is 15.2. The van der Waals surface area contributed by atoms with Crippen LogP contribution in [-0.2, 0) is 0 Å². The van der Waals surface area contributed by atoms with E-state index in [1.807, 2.05) is 13.0 Å². The van der Waals surface area contributed by atoms with E-state index in [1.54, 1.807) is 0 Å². The Hall–Kier alpha value is -1.32. The zero-order valence-corrected chi connectivity index (χ0v) is 10.3. The van der Waals surface area contributed by atoms with E-state index in [9.17, 15) is 0 Å². The third-order valence-corrected chi connectivity index (χ3v) is 3.52. The monoisotopic (exact) mass is 220 g/mol. The fourth-order valence-electron chi connectivity index (χ4n) is 2.21. The summed E-state index contributed by atoms with van der Waals surface area (Å²) in [5.41, 5.74) is 6.62. The lowest BCUT2D eigenvalue weighted by Crippen LogP contribution is -2.39. The second-order valence-corrected chi connectivity index (χ2v) is 4.91. The number of nitrogens with zero attached hydrogens (tertiary/aromatic N) is 3. The van der Waals surface area contributed by atoms with E-state index in [4.69, 9.17) is 5.73 Å². The maximum Gasteiger partial charge on any atom is 0.222 e. The van der Waals surface area contributed by atoms with Crippen molar-refractivity contribution in [3.63, 3.8) is 0 Å². The molecule has 0 saturated carbocycles. The molecule has 0 aliphatic carbocycles. The summed E-state index contributed by atoms with van der Waals surface area (Å²) in [6.07, 6.45) is 1.23. The molecule has 2 atom stereocenters. The van der Waals surface area contributed by atoms with Gasteiger partial charge < -0.3 is 10.6 Å². The Morgan fingerprint density at radius 2 is 2.06 bits per heavy atom. The Labute approximate surface area is 96.9 Å². The number of anilines is 2. The molecule has 1 aromatic rings. The smallest absolute Gasteiger partial charge is 0.222 e. The number of aryl methyl sites for hydroxylation is 1. The van der Waals surface area contributed by atoms with Crippen LogP contribution >= 0.6 is 0 Å². The lowest BCUT2D eigenvalue weighted by Gasteiger charge is -2.36. The van der Waals surface area contributed by atoms with Crippen molar-refractivity contribution < 1.29 is 0 Å². The van der Waals surface area contributed by atoms with Crippen molar-refractivity contribution in [3.05, 3.63) is 11.8 Å². The molecule has 88 valence electrons. The van der Waals surface area contributed by atoms with Crippen LogP contribution in [0.15, 0.2) is 6.07 Å². The summed E-state index contributed by atoms with van der Waals surface area (Å²) in [7, 11) is 0. The van der Waals surface area contributed by atoms with Gasteiger partial charge in [0.15, 0.2) is 0 Å². The van der Waals surface area contributed by atoms with E-state index in [1.165, 1.54) is 6.42 Å². The summed E-state index contributed by atoms with van der Waals surface area (Å²) < 4.78 is 0. The summed E-state index contributed by atoms with van der Waals surface area (Å²) >= 11 is 0. The Kier molecular flexibility index (Phi) is 2.99. The van der Waals surface area contributed by atoms with Crippen molar-refractivity contribution in [2.24, 2.45) is 11.8 Å². The molecule has 0 spiro atoms. The minimum absolute atomic E-state index is 0.376. The molecule has 1 saturated heterocycles. The minimum Gasteiger partial charge on any atom is -0.368 e. The summed E-state index contributed by atoms with van der Waals surface area (Å²) in [5, 5.41) is 0. The first-order valence-electron chi connectivity index (χ1n) is 5.92. The molecule has 16 heavy (non-hydrogen) atoms. The third-order valence-electron chi connectivity index (χ3n) is 3.52. The lowest BCUT2D eigenvalue weighted by atomic mass is 9.89. The van der Waals surface area contributed by atoms with Crippen LogP contribution in [0.1, 0.15) is 26.0 Å². The molecule has 1 aliphatic rings. The largest absolute Gasteiger partial charge is 0.368 e. The summed E-state index contributed by atoms with van der Waals surface area (Å²) in [5.74, 6) is 2.87. The topological polar surface area (TPSA) is 55.0 Å². The molecule has 2 heterocycles. The number of nitrogens with two attached hydrogens (primary N) is 1. The highest BCUT2D eigenvalue weighted by molar-refractivity contribution is 5.43. The predicted molar refractivity (Wildman–Crippen MR) is 66.3 cm³/mol. The molecule has 1 aliphatic heterocycles. The van der Waals surface area contributed by atoms with E-state index in [0.29, 0.717) is 11.9 Å². The van der Waals surface area contributed by atoms with Crippen molar-refractivity contribution in [1.82, 2.24) is 9.97 Å². The number of piperidine rings is 1. The van der Waals surface area contributed by atoms with Crippen LogP contribution in [0.5, 0.6) is 0 Å². The van der Waals surface area contributed by atoms with Gasteiger partial charge >= 0.3 is 0 Å². The van der Waals surface area contributed by atoms with Gasteiger partial charge in [0.05, 0.1) is 0 Å². The maximum atomic E-state index is 5.68. The lowest BCUT2D eigenvalue weighted by molar-refractivity contribution is 0.323. The van der Waals surface area contributed by atoms with Gasteiger partial charge in [0.25, 0.3) is 0 Å². The van der Waals surface area contributed by atoms with Gasteiger partial charge in [0.2, 0.25) is 5.95 Å². The molecule has 1 fully saturated rings. The van der Waals surface area contributed by atoms with E-state index in [0.717, 1.165) is 30.5 Å². The Morgan fingerprint density at radius 3 is 2.69 bits per heavy atom. The van der Waals surface area contributed by atoms with Crippen molar-refractivity contribution in [2.75, 3.05) is 23.7 Å². The highest BCUT2D eigenvalue weighted by Gasteiger charge is 2.23.